The van der Waals surface area contributed by atoms with Crippen molar-refractivity contribution in [2.75, 3.05) is 11.9 Å². The van der Waals surface area contributed by atoms with Gasteiger partial charge in [0.25, 0.3) is 0 Å². The number of rotatable bonds is 10. The number of hydrogen-bond acceptors (Lipinski definition) is 6. The van der Waals surface area contributed by atoms with E-state index in [2.05, 4.69) is 111 Å². The predicted octanol–water partition coefficient (Wildman–Crippen LogP) is 12.7. The molecule has 0 fully saturated rings. The van der Waals surface area contributed by atoms with Crippen molar-refractivity contribution < 1.29 is 19.7 Å². The van der Waals surface area contributed by atoms with Crippen molar-refractivity contribution in [1.29, 1.82) is 0 Å². The lowest BCUT2D eigenvalue weighted by Crippen LogP contribution is -2.17. The van der Waals surface area contributed by atoms with Gasteiger partial charge in [0.1, 0.15) is 28.7 Å². The van der Waals surface area contributed by atoms with Gasteiger partial charge in [0, 0.05) is 52.1 Å². The molecule has 4 aromatic rings. The molecule has 52 heavy (non-hydrogen) atoms. The van der Waals surface area contributed by atoms with Crippen LogP contribution in [0.15, 0.2) is 76.7 Å². The summed E-state index contributed by atoms with van der Waals surface area (Å²) in [6.07, 6.45) is 4.30. The number of halogens is 1. The molecule has 2 N–H and O–H groups in total. The molecule has 0 heterocycles. The molecular formula is C45H57BrN2O4. The molecule has 0 radical (unpaired) electrons. The zero-order chi connectivity index (χ0) is 38.6. The van der Waals surface area contributed by atoms with E-state index in [1.807, 2.05) is 54.6 Å². The fraction of sp³-hybridized carbons (Fsp3) is 0.422. The van der Waals surface area contributed by atoms with E-state index in [0.29, 0.717) is 40.6 Å². The van der Waals surface area contributed by atoms with Crippen molar-refractivity contribution in [2.45, 2.75) is 111 Å². The monoisotopic (exact) mass is 768 g/mol. The predicted molar refractivity (Wildman–Crippen MR) is 222 cm³/mol. The Kier molecular flexibility index (Phi) is 12.4. The molecule has 278 valence electrons. The van der Waals surface area contributed by atoms with Crippen LogP contribution in [0.5, 0.6) is 28.7 Å². The zero-order valence-electron chi connectivity index (χ0n) is 33.1. The van der Waals surface area contributed by atoms with Gasteiger partial charge in [-0.3, -0.25) is 9.98 Å². The van der Waals surface area contributed by atoms with Crippen LogP contribution in [0.4, 0.5) is 11.4 Å². The molecule has 0 unspecified atom stereocenters. The minimum absolute atomic E-state index is 0.128. The zero-order valence-corrected chi connectivity index (χ0v) is 34.7. The van der Waals surface area contributed by atoms with Gasteiger partial charge in [-0.25, -0.2) is 0 Å². The van der Waals surface area contributed by atoms with E-state index in [-0.39, 0.29) is 33.2 Å². The van der Waals surface area contributed by atoms with Crippen LogP contribution in [-0.4, -0.2) is 34.6 Å². The molecule has 4 rings (SSSR count). The first-order valence-corrected chi connectivity index (χ1v) is 19.1. The van der Waals surface area contributed by atoms with Crippen LogP contribution in [0, 0.1) is 0 Å². The van der Waals surface area contributed by atoms with E-state index in [1.165, 1.54) is 0 Å². The number of nitrogens with zero attached hydrogens (tertiary/aromatic N) is 2. The summed E-state index contributed by atoms with van der Waals surface area (Å²) < 4.78 is 12.2. The highest BCUT2D eigenvalue weighted by atomic mass is 79.9. The molecule has 4 aromatic carbocycles. The fourth-order valence-electron chi connectivity index (χ4n) is 5.59. The van der Waals surface area contributed by atoms with Gasteiger partial charge in [0.15, 0.2) is 0 Å². The van der Waals surface area contributed by atoms with E-state index in [9.17, 15) is 10.2 Å². The lowest BCUT2D eigenvalue weighted by Gasteiger charge is -2.27. The van der Waals surface area contributed by atoms with E-state index < -0.39 is 0 Å². The summed E-state index contributed by atoms with van der Waals surface area (Å²) in [5, 5.41) is 23.8. The Hall–Kier alpha value is -4.10. The lowest BCUT2D eigenvalue weighted by atomic mass is 9.79. The number of alkyl halides is 1. The Morgan fingerprint density at radius 1 is 0.577 bits per heavy atom. The number of ether oxygens (including phenoxy) is 2. The fourth-order valence-corrected chi connectivity index (χ4v) is 5.81. The van der Waals surface area contributed by atoms with Gasteiger partial charge in [0.2, 0.25) is 0 Å². The van der Waals surface area contributed by atoms with Crippen LogP contribution in [0.25, 0.3) is 0 Å². The van der Waals surface area contributed by atoms with Crippen LogP contribution >= 0.6 is 15.9 Å². The minimum Gasteiger partial charge on any atom is -0.507 e. The average molecular weight is 770 g/mol. The maximum Gasteiger partial charge on any atom is 0.131 e. The summed E-state index contributed by atoms with van der Waals surface area (Å²) in [5.41, 5.74) is 5.51. The average Bonchev–Trinajstić information content (AvgIpc) is 3.02. The maximum absolute atomic E-state index is 11.5. The van der Waals surface area contributed by atoms with Gasteiger partial charge < -0.3 is 19.7 Å². The second-order valence-corrected chi connectivity index (χ2v) is 18.4. The highest BCUT2D eigenvalue weighted by Gasteiger charge is 2.26. The van der Waals surface area contributed by atoms with Gasteiger partial charge >= 0.3 is 0 Å². The number of aliphatic imine (C=N–C) groups is 2. The molecule has 7 heteroatoms. The highest BCUT2D eigenvalue weighted by molar-refractivity contribution is 9.09. The first-order chi connectivity index (χ1) is 24.1. The number of hydrogen-bond donors (Lipinski definition) is 2. The molecule has 0 atom stereocenters. The van der Waals surface area contributed by atoms with E-state index >= 15 is 0 Å². The third kappa shape index (κ3) is 10.5. The number of benzene rings is 4. The molecule has 0 amide bonds. The number of phenolic OH excluding ortho intramolecular Hbond substituents is 2. The molecule has 0 aliphatic heterocycles. The molecule has 0 aliphatic rings. The SMILES string of the molecule is CC(C)(C)c1cc(C=Nc2ccc(Oc3cccc(OCCCBr)c3)cc2N=Cc2cc(C(C)(C)C)cc(C(C)(C)C)c2O)c(O)c(C(C)(C)C)c1. The Balaban J connectivity index is 1.85. The molecule has 0 bridgehead atoms. The third-order valence-electron chi connectivity index (χ3n) is 8.85. The smallest absolute Gasteiger partial charge is 0.131 e. The quantitative estimate of drug-likeness (QED) is 0.0956. The second kappa shape index (κ2) is 15.9. The summed E-state index contributed by atoms with van der Waals surface area (Å²) in [6, 6.07) is 21.3. The maximum atomic E-state index is 11.5. The number of phenols is 2. The van der Waals surface area contributed by atoms with Crippen LogP contribution < -0.4 is 9.47 Å². The van der Waals surface area contributed by atoms with E-state index in [4.69, 9.17) is 19.5 Å². The summed E-state index contributed by atoms with van der Waals surface area (Å²) >= 11 is 3.45. The van der Waals surface area contributed by atoms with Crippen molar-refractivity contribution in [1.82, 2.24) is 0 Å². The van der Waals surface area contributed by atoms with Crippen molar-refractivity contribution >= 4 is 39.7 Å². The summed E-state index contributed by atoms with van der Waals surface area (Å²) in [7, 11) is 0. The standard InChI is InChI=1S/C45H57BrN2O4/c1-42(2,3)31-21-29(40(49)36(23-31)44(7,8)9)27-47-38-18-17-35(52-34-16-13-15-33(25-34)51-20-14-19-46)26-39(38)48-28-30-22-32(43(4,5)6)24-37(41(30)50)45(10,11)12/h13,15-18,21-28,49-50H,14,19-20H2,1-12H3. The summed E-state index contributed by atoms with van der Waals surface area (Å²) in [6.45, 7) is 26.2. The topological polar surface area (TPSA) is 83.6 Å². The molecule has 0 spiro atoms. The molecule has 0 saturated carbocycles. The lowest BCUT2D eigenvalue weighted by molar-refractivity contribution is 0.317. The van der Waals surface area contributed by atoms with Crippen LogP contribution in [0.3, 0.4) is 0 Å². The molecule has 0 aromatic heterocycles. The third-order valence-corrected chi connectivity index (χ3v) is 9.41. The molecule has 6 nitrogen and oxygen atoms in total. The van der Waals surface area contributed by atoms with Gasteiger partial charge in [-0.2, -0.15) is 0 Å². The Morgan fingerprint density at radius 2 is 1.06 bits per heavy atom. The molecule has 0 aliphatic carbocycles. The largest absolute Gasteiger partial charge is 0.507 e. The first kappa shape index (κ1) is 40.7. The van der Waals surface area contributed by atoms with E-state index in [1.54, 1.807) is 12.4 Å². The Labute approximate surface area is 320 Å². The number of aromatic hydroxyl groups is 2. The minimum atomic E-state index is -0.279. The van der Waals surface area contributed by atoms with Gasteiger partial charge in [0.05, 0.1) is 18.0 Å². The van der Waals surface area contributed by atoms with Crippen LogP contribution in [-0.2, 0) is 21.7 Å². The van der Waals surface area contributed by atoms with E-state index in [0.717, 1.165) is 39.8 Å². The van der Waals surface area contributed by atoms with Crippen molar-refractivity contribution in [3.63, 3.8) is 0 Å². The second-order valence-electron chi connectivity index (χ2n) is 17.6. The Bertz CT molecular complexity index is 1930. The molecule has 0 saturated heterocycles. The van der Waals surface area contributed by atoms with Crippen LogP contribution in [0.2, 0.25) is 0 Å². The summed E-state index contributed by atoms with van der Waals surface area (Å²) in [4.78, 5) is 9.83. The van der Waals surface area contributed by atoms with Gasteiger partial charge in [-0.05, 0) is 75.6 Å². The van der Waals surface area contributed by atoms with Crippen molar-refractivity contribution in [3.8, 4) is 28.7 Å². The van der Waals surface area contributed by atoms with Gasteiger partial charge in [-0.15, -0.1) is 0 Å². The van der Waals surface area contributed by atoms with Gasteiger partial charge in [-0.1, -0.05) is 117 Å². The van der Waals surface area contributed by atoms with Crippen molar-refractivity contribution in [3.05, 3.63) is 100 Å². The van der Waals surface area contributed by atoms with Crippen molar-refractivity contribution in [2.24, 2.45) is 9.98 Å². The molecular weight excluding hydrogens is 712 g/mol. The normalized spacial score (nSPS) is 12.9. The first-order valence-electron chi connectivity index (χ1n) is 18.0. The Morgan fingerprint density at radius 3 is 1.54 bits per heavy atom. The summed E-state index contributed by atoms with van der Waals surface area (Å²) in [5.74, 6) is 2.35. The highest BCUT2D eigenvalue weighted by Crippen LogP contribution is 2.40. The van der Waals surface area contributed by atoms with Crippen LogP contribution in [0.1, 0.15) is 123 Å².